The SMILES string of the molecule is NC(=O)CCNC(=O)c1ccccc1NC(=O)c1ccc(F)cc1Br. The highest BCUT2D eigenvalue weighted by atomic mass is 79.9. The first-order valence-corrected chi connectivity index (χ1v) is 8.09. The first-order valence-electron chi connectivity index (χ1n) is 7.30. The van der Waals surface area contributed by atoms with Crippen molar-refractivity contribution in [2.75, 3.05) is 11.9 Å². The predicted molar refractivity (Wildman–Crippen MR) is 94.6 cm³/mol. The third-order valence-corrected chi connectivity index (χ3v) is 3.91. The largest absolute Gasteiger partial charge is 0.370 e. The van der Waals surface area contributed by atoms with E-state index in [2.05, 4.69) is 26.6 Å². The number of benzene rings is 2. The second-order valence-electron chi connectivity index (χ2n) is 5.10. The molecule has 0 saturated carbocycles. The Morgan fingerprint density at radius 1 is 1.04 bits per heavy atom. The molecule has 0 aliphatic rings. The predicted octanol–water partition coefficient (Wildman–Crippen LogP) is 2.45. The molecule has 130 valence electrons. The fraction of sp³-hybridized carbons (Fsp3) is 0.118. The molecule has 0 unspecified atom stereocenters. The Balaban J connectivity index is 2.15. The van der Waals surface area contributed by atoms with Crippen molar-refractivity contribution < 1.29 is 18.8 Å². The smallest absolute Gasteiger partial charge is 0.256 e. The van der Waals surface area contributed by atoms with Crippen LogP contribution < -0.4 is 16.4 Å². The Kier molecular flexibility index (Phi) is 6.24. The lowest BCUT2D eigenvalue weighted by Crippen LogP contribution is -2.28. The number of amides is 3. The molecule has 8 heteroatoms. The number of nitrogens with one attached hydrogen (secondary N) is 2. The normalized spacial score (nSPS) is 10.2. The quantitative estimate of drug-likeness (QED) is 0.685. The molecule has 0 spiro atoms. The van der Waals surface area contributed by atoms with Gasteiger partial charge in [-0.3, -0.25) is 14.4 Å². The van der Waals surface area contributed by atoms with E-state index in [-0.39, 0.29) is 24.1 Å². The van der Waals surface area contributed by atoms with Crippen molar-refractivity contribution in [3.8, 4) is 0 Å². The van der Waals surface area contributed by atoms with Gasteiger partial charge in [-0.15, -0.1) is 0 Å². The lowest BCUT2D eigenvalue weighted by molar-refractivity contribution is -0.117. The van der Waals surface area contributed by atoms with Crippen LogP contribution in [-0.4, -0.2) is 24.3 Å². The molecule has 0 bridgehead atoms. The van der Waals surface area contributed by atoms with Gasteiger partial charge in [-0.2, -0.15) is 0 Å². The minimum Gasteiger partial charge on any atom is -0.370 e. The van der Waals surface area contributed by atoms with E-state index < -0.39 is 23.5 Å². The van der Waals surface area contributed by atoms with Crippen LogP contribution in [0.15, 0.2) is 46.9 Å². The number of hydrogen-bond acceptors (Lipinski definition) is 3. The second-order valence-corrected chi connectivity index (χ2v) is 5.95. The molecule has 4 N–H and O–H groups in total. The summed E-state index contributed by atoms with van der Waals surface area (Å²) in [6.07, 6.45) is 0.0167. The summed E-state index contributed by atoms with van der Waals surface area (Å²) in [6, 6.07) is 10.1. The zero-order chi connectivity index (χ0) is 18.4. The Morgan fingerprint density at radius 3 is 2.44 bits per heavy atom. The Hall–Kier alpha value is -2.74. The van der Waals surface area contributed by atoms with Gasteiger partial charge in [-0.1, -0.05) is 12.1 Å². The van der Waals surface area contributed by atoms with Crippen molar-refractivity contribution in [1.29, 1.82) is 0 Å². The highest BCUT2D eigenvalue weighted by Gasteiger charge is 2.16. The van der Waals surface area contributed by atoms with Crippen LogP contribution in [0.3, 0.4) is 0 Å². The summed E-state index contributed by atoms with van der Waals surface area (Å²) in [5, 5.41) is 5.18. The van der Waals surface area contributed by atoms with Gasteiger partial charge in [0.15, 0.2) is 0 Å². The van der Waals surface area contributed by atoms with Crippen molar-refractivity contribution in [1.82, 2.24) is 5.32 Å². The number of carbonyl (C=O) groups excluding carboxylic acids is 3. The average Bonchev–Trinajstić information content (AvgIpc) is 2.54. The molecule has 0 atom stereocenters. The van der Waals surface area contributed by atoms with Gasteiger partial charge in [0, 0.05) is 17.4 Å². The molecular formula is C17H15BrFN3O3. The molecule has 0 saturated heterocycles. The summed E-state index contributed by atoms with van der Waals surface area (Å²) in [6.45, 7) is 0.0972. The molecule has 2 aromatic carbocycles. The Morgan fingerprint density at radius 2 is 1.76 bits per heavy atom. The fourth-order valence-electron chi connectivity index (χ4n) is 2.05. The summed E-state index contributed by atoms with van der Waals surface area (Å²) in [5.74, 6) is -1.94. The van der Waals surface area contributed by atoms with Gasteiger partial charge in [-0.25, -0.2) is 4.39 Å². The van der Waals surface area contributed by atoms with E-state index in [9.17, 15) is 18.8 Å². The van der Waals surface area contributed by atoms with E-state index in [4.69, 9.17) is 5.73 Å². The van der Waals surface area contributed by atoms with Gasteiger partial charge < -0.3 is 16.4 Å². The molecule has 0 aromatic heterocycles. The molecule has 0 radical (unpaired) electrons. The Labute approximate surface area is 151 Å². The maximum absolute atomic E-state index is 13.1. The number of anilines is 1. The topological polar surface area (TPSA) is 101 Å². The maximum Gasteiger partial charge on any atom is 0.256 e. The first-order chi connectivity index (χ1) is 11.9. The standard InChI is InChI=1S/C17H15BrFN3O3/c18-13-9-10(19)5-6-11(13)17(25)22-14-4-2-1-3-12(14)16(24)21-8-7-15(20)23/h1-6,9H,7-8H2,(H2,20,23)(H,21,24)(H,22,25). The second kappa shape index (κ2) is 8.39. The number of nitrogens with two attached hydrogens (primary N) is 1. The van der Waals surface area contributed by atoms with Crippen LogP contribution in [0.5, 0.6) is 0 Å². The summed E-state index contributed by atoms with van der Waals surface area (Å²) in [5.41, 5.74) is 5.78. The zero-order valence-electron chi connectivity index (χ0n) is 13.0. The van der Waals surface area contributed by atoms with Crippen molar-refractivity contribution in [3.05, 3.63) is 63.9 Å². The van der Waals surface area contributed by atoms with Crippen LogP contribution >= 0.6 is 15.9 Å². The van der Waals surface area contributed by atoms with Gasteiger partial charge in [0.05, 0.1) is 16.8 Å². The number of para-hydroxylation sites is 1. The number of hydrogen-bond donors (Lipinski definition) is 3. The molecule has 25 heavy (non-hydrogen) atoms. The van der Waals surface area contributed by atoms with Crippen LogP contribution in [0.2, 0.25) is 0 Å². The summed E-state index contributed by atoms with van der Waals surface area (Å²) < 4.78 is 13.4. The molecule has 2 rings (SSSR count). The number of halogens is 2. The van der Waals surface area contributed by atoms with Crippen LogP contribution in [0.25, 0.3) is 0 Å². The van der Waals surface area contributed by atoms with Gasteiger partial charge in [0.1, 0.15) is 5.82 Å². The number of primary amides is 1. The van der Waals surface area contributed by atoms with E-state index in [0.717, 1.165) is 0 Å². The molecule has 0 aliphatic carbocycles. The number of carbonyl (C=O) groups is 3. The fourth-order valence-corrected chi connectivity index (χ4v) is 2.58. The lowest BCUT2D eigenvalue weighted by atomic mass is 10.1. The van der Waals surface area contributed by atoms with Crippen LogP contribution in [-0.2, 0) is 4.79 Å². The maximum atomic E-state index is 13.1. The highest BCUT2D eigenvalue weighted by molar-refractivity contribution is 9.10. The van der Waals surface area contributed by atoms with Gasteiger partial charge >= 0.3 is 0 Å². The molecule has 2 aromatic rings. The monoisotopic (exact) mass is 407 g/mol. The van der Waals surface area contributed by atoms with Gasteiger partial charge in [0.2, 0.25) is 5.91 Å². The van der Waals surface area contributed by atoms with E-state index in [1.165, 1.54) is 24.3 Å². The first kappa shape index (κ1) is 18.6. The molecule has 3 amide bonds. The van der Waals surface area contributed by atoms with Crippen molar-refractivity contribution >= 4 is 39.3 Å². The average molecular weight is 408 g/mol. The Bertz CT molecular complexity index is 827. The van der Waals surface area contributed by atoms with E-state index in [1.807, 2.05) is 0 Å². The van der Waals surface area contributed by atoms with Gasteiger partial charge in [-0.05, 0) is 46.3 Å². The van der Waals surface area contributed by atoms with E-state index >= 15 is 0 Å². The summed E-state index contributed by atoms with van der Waals surface area (Å²) in [7, 11) is 0. The molecular weight excluding hydrogens is 393 g/mol. The summed E-state index contributed by atoms with van der Waals surface area (Å²) >= 11 is 3.13. The molecule has 0 aliphatic heterocycles. The zero-order valence-corrected chi connectivity index (χ0v) is 14.6. The highest BCUT2D eigenvalue weighted by Crippen LogP contribution is 2.21. The summed E-state index contributed by atoms with van der Waals surface area (Å²) in [4.78, 5) is 35.3. The molecule has 6 nitrogen and oxygen atoms in total. The lowest BCUT2D eigenvalue weighted by Gasteiger charge is -2.12. The van der Waals surface area contributed by atoms with E-state index in [0.29, 0.717) is 10.2 Å². The minimum atomic E-state index is -0.525. The number of rotatable bonds is 6. The molecule has 0 fully saturated rings. The van der Waals surface area contributed by atoms with Crippen molar-refractivity contribution in [2.45, 2.75) is 6.42 Å². The molecule has 0 heterocycles. The minimum absolute atomic E-state index is 0.0167. The van der Waals surface area contributed by atoms with Crippen LogP contribution in [0.4, 0.5) is 10.1 Å². The third-order valence-electron chi connectivity index (χ3n) is 3.25. The van der Waals surface area contributed by atoms with Crippen molar-refractivity contribution in [2.24, 2.45) is 5.73 Å². The van der Waals surface area contributed by atoms with Crippen LogP contribution in [0.1, 0.15) is 27.1 Å². The van der Waals surface area contributed by atoms with E-state index in [1.54, 1.807) is 18.2 Å². The third kappa shape index (κ3) is 5.12. The van der Waals surface area contributed by atoms with Crippen molar-refractivity contribution in [3.63, 3.8) is 0 Å². The van der Waals surface area contributed by atoms with Crippen LogP contribution in [0, 0.1) is 5.82 Å². The van der Waals surface area contributed by atoms with Gasteiger partial charge in [0.25, 0.3) is 11.8 Å².